The van der Waals surface area contributed by atoms with Crippen molar-refractivity contribution in [2.75, 3.05) is 13.7 Å². The average molecular weight is 523 g/mol. The number of pyridine rings is 1. The van der Waals surface area contributed by atoms with Gasteiger partial charge in [0.1, 0.15) is 18.5 Å². The summed E-state index contributed by atoms with van der Waals surface area (Å²) < 4.78 is 18.8. The number of nitrogens with two attached hydrogens (primary N) is 1. The topological polar surface area (TPSA) is 137 Å². The summed E-state index contributed by atoms with van der Waals surface area (Å²) in [5.74, 6) is 0.902. The number of rotatable bonds is 10. The minimum atomic E-state index is -0.931. The zero-order valence-electron chi connectivity index (χ0n) is 21.9. The molecule has 1 spiro atoms. The number of fused-ring (bicyclic) bond motifs is 1. The number of ether oxygens (including phenoxy) is 3. The maximum absolute atomic E-state index is 12.7. The number of carbonyl (C=O) groups excluding carboxylic acids is 2. The van der Waals surface area contributed by atoms with Crippen molar-refractivity contribution in [2.24, 2.45) is 11.1 Å². The summed E-state index contributed by atoms with van der Waals surface area (Å²) >= 11 is 0. The van der Waals surface area contributed by atoms with Crippen molar-refractivity contribution in [1.29, 1.82) is 0 Å². The van der Waals surface area contributed by atoms with Crippen LogP contribution in [0.1, 0.15) is 55.5 Å². The molecule has 0 unspecified atom stereocenters. The van der Waals surface area contributed by atoms with Gasteiger partial charge in [-0.2, -0.15) is 5.10 Å². The molecule has 3 aromatic rings. The molecule has 202 valence electrons. The van der Waals surface area contributed by atoms with Gasteiger partial charge in [0, 0.05) is 11.6 Å². The number of aliphatic hydroxyl groups is 1. The molecule has 2 heterocycles. The SMILES string of the molecule is COc1cccc(C(N)=O)c1OC1CC2(CC(NC(=O)Cc3cnn4cc(OCC(C)(C)O)ccc34)C2)C1. The molecule has 38 heavy (non-hydrogen) atoms. The van der Waals surface area contributed by atoms with E-state index in [1.807, 2.05) is 12.1 Å². The smallest absolute Gasteiger partial charge is 0.252 e. The van der Waals surface area contributed by atoms with Crippen LogP contribution in [-0.2, 0) is 11.2 Å². The second-order valence-electron chi connectivity index (χ2n) is 11.2. The van der Waals surface area contributed by atoms with Gasteiger partial charge in [0.15, 0.2) is 11.5 Å². The van der Waals surface area contributed by atoms with Crippen molar-refractivity contribution >= 4 is 17.3 Å². The number of carbonyl (C=O) groups is 2. The predicted molar refractivity (Wildman–Crippen MR) is 139 cm³/mol. The second-order valence-corrected chi connectivity index (χ2v) is 11.2. The summed E-state index contributed by atoms with van der Waals surface area (Å²) in [6, 6.07) is 8.92. The molecule has 0 saturated heterocycles. The van der Waals surface area contributed by atoms with Gasteiger partial charge >= 0.3 is 0 Å². The highest BCUT2D eigenvalue weighted by molar-refractivity contribution is 5.96. The van der Waals surface area contributed by atoms with Crippen LogP contribution in [0.25, 0.3) is 5.52 Å². The van der Waals surface area contributed by atoms with Crippen LogP contribution in [0.15, 0.2) is 42.7 Å². The number of hydrogen-bond donors (Lipinski definition) is 3. The first-order valence-electron chi connectivity index (χ1n) is 12.8. The highest BCUT2D eigenvalue weighted by atomic mass is 16.5. The lowest BCUT2D eigenvalue weighted by Gasteiger charge is -2.57. The molecule has 0 bridgehead atoms. The Hall–Kier alpha value is -3.79. The number of aromatic nitrogens is 2. The van der Waals surface area contributed by atoms with Crippen molar-refractivity contribution in [2.45, 2.75) is 63.7 Å². The zero-order chi connectivity index (χ0) is 27.1. The van der Waals surface area contributed by atoms with Crippen LogP contribution < -0.4 is 25.3 Å². The molecule has 5 rings (SSSR count). The zero-order valence-corrected chi connectivity index (χ0v) is 21.9. The van der Waals surface area contributed by atoms with Crippen molar-refractivity contribution in [1.82, 2.24) is 14.9 Å². The van der Waals surface area contributed by atoms with Crippen LogP contribution >= 0.6 is 0 Å². The summed E-state index contributed by atoms with van der Waals surface area (Å²) in [7, 11) is 1.53. The third-order valence-electron chi connectivity index (χ3n) is 7.31. The molecule has 2 fully saturated rings. The normalized spacial score (nSPS) is 22.4. The number of hydrogen-bond acceptors (Lipinski definition) is 7. The lowest BCUT2D eigenvalue weighted by Crippen LogP contribution is -2.59. The first-order valence-corrected chi connectivity index (χ1v) is 12.8. The van der Waals surface area contributed by atoms with E-state index >= 15 is 0 Å². The number of primary amides is 1. The minimum Gasteiger partial charge on any atom is -0.493 e. The third kappa shape index (κ3) is 5.40. The fourth-order valence-electron chi connectivity index (χ4n) is 5.52. The van der Waals surface area contributed by atoms with Crippen LogP contribution in [-0.4, -0.2) is 58.0 Å². The Morgan fingerprint density at radius 3 is 2.66 bits per heavy atom. The maximum atomic E-state index is 12.7. The minimum absolute atomic E-state index is 0.0165. The molecular weight excluding hydrogens is 488 g/mol. The molecule has 2 amide bonds. The first kappa shape index (κ1) is 25.8. The van der Waals surface area contributed by atoms with Crippen LogP contribution in [0.4, 0.5) is 0 Å². The standard InChI is InChI=1S/C28H34N4O6/c1-27(2,35)16-37-19-7-8-22-17(14-30-32(22)15-19)9-24(33)31-18-10-28(11-18)12-20(13-28)38-25-21(26(29)34)5-4-6-23(25)36-3/h4-8,14-15,18,20,35H,9-13,16H2,1-3H3,(H2,29,34)(H,31,33). The average Bonchev–Trinajstić information content (AvgIpc) is 3.21. The van der Waals surface area contributed by atoms with Gasteiger partial charge in [0.05, 0.1) is 42.6 Å². The number of nitrogens with one attached hydrogen (secondary N) is 1. The lowest BCUT2D eigenvalue weighted by molar-refractivity contribution is -0.126. The first-order chi connectivity index (χ1) is 18.0. The highest BCUT2D eigenvalue weighted by Gasteiger charge is 2.54. The monoisotopic (exact) mass is 522 g/mol. The molecule has 4 N–H and O–H groups in total. The molecule has 2 aliphatic carbocycles. The quantitative estimate of drug-likeness (QED) is 0.372. The van der Waals surface area contributed by atoms with Gasteiger partial charge in [0.2, 0.25) is 5.91 Å². The number of nitrogens with zero attached hydrogens (tertiary/aromatic N) is 2. The Kier molecular flexibility index (Phi) is 6.68. The Bertz CT molecular complexity index is 1350. The van der Waals surface area contributed by atoms with Crippen LogP contribution in [0.2, 0.25) is 0 Å². The second kappa shape index (κ2) is 9.83. The van der Waals surface area contributed by atoms with E-state index in [2.05, 4.69) is 10.4 Å². The van der Waals surface area contributed by atoms with Crippen molar-refractivity contribution in [3.63, 3.8) is 0 Å². The van der Waals surface area contributed by atoms with E-state index in [-0.39, 0.29) is 36.5 Å². The largest absolute Gasteiger partial charge is 0.493 e. The van der Waals surface area contributed by atoms with E-state index in [0.29, 0.717) is 22.8 Å². The highest BCUT2D eigenvalue weighted by Crippen LogP contribution is 2.57. The van der Waals surface area contributed by atoms with Gasteiger partial charge in [-0.15, -0.1) is 0 Å². The summed E-state index contributed by atoms with van der Waals surface area (Å²) in [5.41, 5.74) is 6.74. The van der Waals surface area contributed by atoms with Gasteiger partial charge in [0.25, 0.3) is 5.91 Å². The number of amides is 2. The van der Waals surface area contributed by atoms with Gasteiger partial charge < -0.3 is 30.4 Å². The molecule has 10 heteroatoms. The Morgan fingerprint density at radius 1 is 1.21 bits per heavy atom. The van der Waals surface area contributed by atoms with Gasteiger partial charge in [-0.1, -0.05) is 6.07 Å². The molecule has 0 atom stereocenters. The maximum Gasteiger partial charge on any atom is 0.252 e. The van der Waals surface area contributed by atoms with Crippen LogP contribution in [0, 0.1) is 5.41 Å². The molecule has 0 aliphatic heterocycles. The van der Waals surface area contributed by atoms with Crippen molar-refractivity contribution in [3.8, 4) is 17.2 Å². The number of methoxy groups -OCH3 is 1. The van der Waals surface area contributed by atoms with Gasteiger partial charge in [-0.25, -0.2) is 4.52 Å². The van der Waals surface area contributed by atoms with Crippen LogP contribution in [0.5, 0.6) is 17.2 Å². The Labute approximate surface area is 221 Å². The van der Waals surface area contributed by atoms with E-state index < -0.39 is 11.5 Å². The molecule has 2 saturated carbocycles. The van der Waals surface area contributed by atoms with Crippen molar-refractivity contribution < 1.29 is 28.9 Å². The molecule has 0 radical (unpaired) electrons. The molecular formula is C28H34N4O6. The number of para-hydroxylation sites is 1. The van der Waals surface area contributed by atoms with Gasteiger partial charge in [-0.3, -0.25) is 9.59 Å². The predicted octanol–water partition coefficient (Wildman–Crippen LogP) is 2.64. The number of benzene rings is 1. The molecule has 10 nitrogen and oxygen atoms in total. The van der Waals surface area contributed by atoms with Crippen LogP contribution in [0.3, 0.4) is 0 Å². The molecule has 2 aliphatic rings. The van der Waals surface area contributed by atoms with E-state index in [1.54, 1.807) is 49.0 Å². The molecule has 2 aromatic heterocycles. The van der Waals surface area contributed by atoms with E-state index in [0.717, 1.165) is 36.8 Å². The summed E-state index contributed by atoms with van der Waals surface area (Å²) in [5, 5.41) is 17.3. The summed E-state index contributed by atoms with van der Waals surface area (Å²) in [6.07, 6.45) is 7.20. The van der Waals surface area contributed by atoms with Crippen molar-refractivity contribution in [3.05, 3.63) is 53.9 Å². The summed E-state index contributed by atoms with van der Waals surface area (Å²) in [4.78, 5) is 24.6. The van der Waals surface area contributed by atoms with E-state index in [1.165, 1.54) is 7.11 Å². The van der Waals surface area contributed by atoms with Gasteiger partial charge in [-0.05, 0) is 69.2 Å². The Balaban J connectivity index is 1.10. The fraction of sp³-hybridized carbons (Fsp3) is 0.464. The van der Waals surface area contributed by atoms with E-state index in [9.17, 15) is 14.7 Å². The Morgan fingerprint density at radius 2 is 1.97 bits per heavy atom. The summed E-state index contributed by atoms with van der Waals surface area (Å²) in [6.45, 7) is 3.53. The third-order valence-corrected chi connectivity index (χ3v) is 7.31. The van der Waals surface area contributed by atoms with E-state index in [4.69, 9.17) is 19.9 Å². The lowest BCUT2D eigenvalue weighted by atomic mass is 9.53. The molecule has 1 aromatic carbocycles. The fourth-order valence-corrected chi connectivity index (χ4v) is 5.52.